The van der Waals surface area contributed by atoms with Crippen molar-refractivity contribution in [2.45, 2.75) is 25.3 Å². The highest BCUT2D eigenvalue weighted by Crippen LogP contribution is 2.40. The highest BCUT2D eigenvalue weighted by Gasteiger charge is 2.29. The Morgan fingerprint density at radius 2 is 1.89 bits per heavy atom. The van der Waals surface area contributed by atoms with Crippen LogP contribution in [0.5, 0.6) is 0 Å². The maximum atomic E-state index is 12.4. The van der Waals surface area contributed by atoms with Crippen LogP contribution >= 0.6 is 23.2 Å². The van der Waals surface area contributed by atoms with E-state index in [-0.39, 0.29) is 5.92 Å². The molecule has 2 aliphatic rings. The number of anilines is 1. The van der Waals surface area contributed by atoms with Gasteiger partial charge in [-0.15, -0.1) is 5.06 Å². The number of nitrogens with one attached hydrogen (secondary N) is 1. The first-order valence-electron chi connectivity index (χ1n) is 9.50. The third kappa shape index (κ3) is 4.13. The van der Waals surface area contributed by atoms with Gasteiger partial charge in [0.25, 0.3) is 0 Å². The Kier molecular flexibility index (Phi) is 5.78. The van der Waals surface area contributed by atoms with Crippen LogP contribution in [-0.4, -0.2) is 42.7 Å². The van der Waals surface area contributed by atoms with Crippen molar-refractivity contribution >= 4 is 35.0 Å². The standard InChI is InChI=1S/C21H23Cl2N3O2/c1-25-12-17(16-10-14(22)11-19(23)18(16)13-25)15-6-2-3-7-20(15)24-21(27)28-26-8-4-5-9-26/h2-3,6-7,10-11,17H,4-5,8-9,12-13H2,1H3,(H,24,27). The van der Waals surface area contributed by atoms with Gasteiger partial charge in [-0.25, -0.2) is 4.79 Å². The number of hydrogen-bond acceptors (Lipinski definition) is 4. The van der Waals surface area contributed by atoms with Crippen molar-refractivity contribution in [2.75, 3.05) is 32.0 Å². The van der Waals surface area contributed by atoms with Crippen molar-refractivity contribution in [3.05, 3.63) is 63.1 Å². The van der Waals surface area contributed by atoms with E-state index < -0.39 is 6.09 Å². The highest BCUT2D eigenvalue weighted by atomic mass is 35.5. The quantitative estimate of drug-likeness (QED) is 0.748. The Morgan fingerprint density at radius 1 is 1.14 bits per heavy atom. The highest BCUT2D eigenvalue weighted by molar-refractivity contribution is 6.35. The Labute approximate surface area is 175 Å². The van der Waals surface area contributed by atoms with Gasteiger partial charge in [0.2, 0.25) is 0 Å². The minimum atomic E-state index is -0.456. The monoisotopic (exact) mass is 419 g/mol. The van der Waals surface area contributed by atoms with Gasteiger partial charge < -0.3 is 9.74 Å². The zero-order valence-corrected chi connectivity index (χ0v) is 17.3. The average Bonchev–Trinajstić information content (AvgIpc) is 3.15. The first kappa shape index (κ1) is 19.5. The largest absolute Gasteiger partial charge is 0.430 e. The molecule has 2 aliphatic heterocycles. The van der Waals surface area contributed by atoms with Crippen molar-refractivity contribution < 1.29 is 9.63 Å². The molecule has 1 unspecified atom stereocenters. The van der Waals surface area contributed by atoms with Gasteiger partial charge in [0.05, 0.1) is 0 Å². The Balaban J connectivity index is 1.64. The molecule has 1 amide bonds. The summed E-state index contributed by atoms with van der Waals surface area (Å²) in [5, 5.41) is 5.93. The van der Waals surface area contributed by atoms with Gasteiger partial charge in [0.1, 0.15) is 0 Å². The summed E-state index contributed by atoms with van der Waals surface area (Å²) in [5.74, 6) is 0.0493. The van der Waals surface area contributed by atoms with Crippen molar-refractivity contribution in [3.63, 3.8) is 0 Å². The van der Waals surface area contributed by atoms with E-state index >= 15 is 0 Å². The van der Waals surface area contributed by atoms with Crippen LogP contribution < -0.4 is 5.32 Å². The lowest BCUT2D eigenvalue weighted by Crippen LogP contribution is -2.32. The molecule has 0 radical (unpaired) electrons. The van der Waals surface area contributed by atoms with Crippen LogP contribution in [-0.2, 0) is 11.4 Å². The second kappa shape index (κ2) is 8.29. The van der Waals surface area contributed by atoms with Gasteiger partial charge >= 0.3 is 6.09 Å². The number of amides is 1. The third-order valence-electron chi connectivity index (χ3n) is 5.34. The smallest absolute Gasteiger partial charge is 0.351 e. The number of benzene rings is 2. The van der Waals surface area contributed by atoms with E-state index in [0.717, 1.165) is 61.4 Å². The Bertz CT molecular complexity index is 884. The SMILES string of the molecule is CN1Cc2c(Cl)cc(Cl)cc2C(c2ccccc2NC(=O)ON2CCCC2)C1. The van der Waals surface area contributed by atoms with Crippen LogP contribution in [0.15, 0.2) is 36.4 Å². The molecule has 2 aromatic carbocycles. The molecule has 0 aliphatic carbocycles. The molecule has 0 aromatic heterocycles. The summed E-state index contributed by atoms with van der Waals surface area (Å²) in [6.45, 7) is 3.15. The van der Waals surface area contributed by atoms with Crippen molar-refractivity contribution in [1.29, 1.82) is 0 Å². The molecule has 1 atom stereocenters. The number of fused-ring (bicyclic) bond motifs is 1. The maximum Gasteiger partial charge on any atom is 0.430 e. The normalized spacial score (nSPS) is 20.0. The zero-order valence-electron chi connectivity index (χ0n) is 15.8. The summed E-state index contributed by atoms with van der Waals surface area (Å²) < 4.78 is 0. The molecule has 2 heterocycles. The fourth-order valence-corrected chi connectivity index (χ4v) is 4.62. The average molecular weight is 420 g/mol. The molecule has 148 valence electrons. The predicted octanol–water partition coefficient (Wildman–Crippen LogP) is 5.13. The first-order chi connectivity index (χ1) is 13.5. The van der Waals surface area contributed by atoms with E-state index in [1.54, 1.807) is 11.1 Å². The summed E-state index contributed by atoms with van der Waals surface area (Å²) in [5.41, 5.74) is 3.96. The van der Waals surface area contributed by atoms with Crippen LogP contribution in [0.2, 0.25) is 10.0 Å². The maximum absolute atomic E-state index is 12.4. The molecule has 5 nitrogen and oxygen atoms in total. The molecule has 1 saturated heterocycles. The molecule has 1 fully saturated rings. The fourth-order valence-electron chi connectivity index (χ4n) is 4.06. The summed E-state index contributed by atoms with van der Waals surface area (Å²) in [6.07, 6.45) is 1.65. The lowest BCUT2D eigenvalue weighted by molar-refractivity contribution is -0.0738. The van der Waals surface area contributed by atoms with Crippen LogP contribution in [0.3, 0.4) is 0 Å². The van der Waals surface area contributed by atoms with Crippen molar-refractivity contribution in [1.82, 2.24) is 9.96 Å². The molecule has 0 spiro atoms. The third-order valence-corrected chi connectivity index (χ3v) is 5.90. The molecule has 7 heteroatoms. The second-order valence-corrected chi connectivity index (χ2v) is 8.28. The summed E-state index contributed by atoms with van der Waals surface area (Å²) in [6, 6.07) is 11.6. The van der Waals surface area contributed by atoms with E-state index in [0.29, 0.717) is 10.0 Å². The molecule has 0 saturated carbocycles. The van der Waals surface area contributed by atoms with Gasteiger partial charge in [-0.05, 0) is 54.8 Å². The zero-order chi connectivity index (χ0) is 19.7. The summed E-state index contributed by atoms with van der Waals surface area (Å²) in [7, 11) is 2.07. The molecule has 28 heavy (non-hydrogen) atoms. The number of hydrogen-bond donors (Lipinski definition) is 1. The van der Waals surface area contributed by atoms with Gasteiger partial charge in [0, 0.05) is 47.8 Å². The number of hydroxylamine groups is 2. The number of carbonyl (C=O) groups excluding carboxylic acids is 1. The van der Waals surface area contributed by atoms with Crippen LogP contribution in [0.4, 0.5) is 10.5 Å². The van der Waals surface area contributed by atoms with Crippen LogP contribution in [0.1, 0.15) is 35.4 Å². The second-order valence-electron chi connectivity index (χ2n) is 7.43. The Morgan fingerprint density at radius 3 is 2.68 bits per heavy atom. The van der Waals surface area contributed by atoms with E-state index in [2.05, 4.69) is 17.3 Å². The Hall–Kier alpha value is -1.79. The molecule has 4 rings (SSSR count). The predicted molar refractivity (Wildman–Crippen MR) is 112 cm³/mol. The van der Waals surface area contributed by atoms with Gasteiger partial charge in [0.15, 0.2) is 0 Å². The number of rotatable bonds is 3. The van der Waals surface area contributed by atoms with Gasteiger partial charge in [-0.1, -0.05) is 41.4 Å². The number of carbonyl (C=O) groups is 1. The van der Waals surface area contributed by atoms with Crippen LogP contribution in [0, 0.1) is 0 Å². The van der Waals surface area contributed by atoms with Crippen molar-refractivity contribution in [2.24, 2.45) is 0 Å². The number of halogens is 2. The topological polar surface area (TPSA) is 44.8 Å². The summed E-state index contributed by atoms with van der Waals surface area (Å²) in [4.78, 5) is 20.0. The van der Waals surface area contributed by atoms with Crippen LogP contribution in [0.25, 0.3) is 0 Å². The van der Waals surface area contributed by atoms with Gasteiger partial charge in [-0.2, -0.15) is 0 Å². The molecule has 2 aromatic rings. The van der Waals surface area contributed by atoms with E-state index in [1.807, 2.05) is 30.3 Å². The molecule has 0 bridgehead atoms. The summed E-state index contributed by atoms with van der Waals surface area (Å²) >= 11 is 12.8. The molecule has 1 N–H and O–H groups in total. The van der Waals surface area contributed by atoms with E-state index in [1.165, 1.54) is 0 Å². The van der Waals surface area contributed by atoms with E-state index in [4.69, 9.17) is 28.0 Å². The first-order valence-corrected chi connectivity index (χ1v) is 10.3. The minimum absolute atomic E-state index is 0.0493. The molecular weight excluding hydrogens is 397 g/mol. The number of likely N-dealkylation sites (N-methyl/N-ethyl adjacent to an activating group) is 1. The minimum Gasteiger partial charge on any atom is -0.351 e. The van der Waals surface area contributed by atoms with Gasteiger partial charge in [-0.3, -0.25) is 5.32 Å². The lowest BCUT2D eigenvalue weighted by Gasteiger charge is -2.34. The molecular formula is C21H23Cl2N3O2. The van der Waals surface area contributed by atoms with E-state index in [9.17, 15) is 4.79 Å². The number of para-hydroxylation sites is 1. The lowest BCUT2D eigenvalue weighted by atomic mass is 9.84. The fraction of sp³-hybridized carbons (Fsp3) is 0.381. The van der Waals surface area contributed by atoms with Crippen molar-refractivity contribution in [3.8, 4) is 0 Å². The number of nitrogens with zero attached hydrogens (tertiary/aromatic N) is 2.